The molecule has 7 nitrogen and oxygen atoms in total. The van der Waals surface area contributed by atoms with Crippen molar-refractivity contribution in [2.24, 2.45) is 0 Å². The van der Waals surface area contributed by atoms with Gasteiger partial charge in [0, 0.05) is 23.0 Å². The van der Waals surface area contributed by atoms with Gasteiger partial charge in [0.2, 0.25) is 0 Å². The molecule has 3 aromatic rings. The highest BCUT2D eigenvalue weighted by molar-refractivity contribution is 6.11. The molecule has 3 N–H and O–H groups in total. The minimum absolute atomic E-state index is 0.0154. The fourth-order valence-corrected chi connectivity index (χ4v) is 1.85. The Morgan fingerprint density at radius 1 is 1.35 bits per heavy atom. The maximum Gasteiger partial charge on any atom is 0.270 e. The largest absolute Gasteiger partial charge is 0.383 e. The summed E-state index contributed by atoms with van der Waals surface area (Å²) < 4.78 is 0. The van der Waals surface area contributed by atoms with Crippen molar-refractivity contribution in [3.63, 3.8) is 0 Å². The van der Waals surface area contributed by atoms with Gasteiger partial charge in [0.25, 0.3) is 5.69 Å². The van der Waals surface area contributed by atoms with E-state index in [2.05, 4.69) is 15.0 Å². The Kier molecular flexibility index (Phi) is 1.76. The van der Waals surface area contributed by atoms with E-state index < -0.39 is 4.92 Å². The summed E-state index contributed by atoms with van der Waals surface area (Å²) in [7, 11) is 0. The third kappa shape index (κ3) is 1.29. The molecular formula is C10H7N5O2. The molecule has 0 bridgehead atoms. The van der Waals surface area contributed by atoms with Crippen LogP contribution in [0.4, 0.5) is 11.5 Å². The van der Waals surface area contributed by atoms with Crippen LogP contribution in [0.1, 0.15) is 0 Å². The quantitative estimate of drug-likeness (QED) is 0.486. The van der Waals surface area contributed by atoms with Crippen LogP contribution in [0.15, 0.2) is 24.5 Å². The lowest BCUT2D eigenvalue weighted by Gasteiger charge is -1.94. The van der Waals surface area contributed by atoms with E-state index in [0.717, 1.165) is 5.52 Å². The van der Waals surface area contributed by atoms with Crippen LogP contribution in [-0.2, 0) is 0 Å². The number of nitrogen functional groups attached to an aromatic ring is 1. The van der Waals surface area contributed by atoms with E-state index in [1.54, 1.807) is 6.07 Å². The van der Waals surface area contributed by atoms with Gasteiger partial charge in [-0.1, -0.05) is 0 Å². The van der Waals surface area contributed by atoms with Crippen molar-refractivity contribution in [1.29, 1.82) is 0 Å². The van der Waals surface area contributed by atoms with Gasteiger partial charge >= 0.3 is 0 Å². The summed E-state index contributed by atoms with van der Waals surface area (Å²) in [5.74, 6) is 0.307. The first-order valence-corrected chi connectivity index (χ1v) is 4.83. The summed E-state index contributed by atoms with van der Waals surface area (Å²) in [5, 5.41) is 12.0. The predicted molar refractivity (Wildman–Crippen MR) is 62.5 cm³/mol. The third-order valence-corrected chi connectivity index (χ3v) is 2.61. The number of nitrogens with zero attached hydrogens (tertiary/aromatic N) is 3. The molecule has 0 atom stereocenters. The Morgan fingerprint density at radius 3 is 2.94 bits per heavy atom. The van der Waals surface area contributed by atoms with Gasteiger partial charge in [-0.05, 0) is 6.07 Å². The van der Waals surface area contributed by atoms with E-state index in [1.807, 2.05) is 0 Å². The summed E-state index contributed by atoms with van der Waals surface area (Å²) in [4.78, 5) is 21.2. The second-order valence-corrected chi connectivity index (χ2v) is 3.59. The number of nitro benzene ring substituents is 1. The van der Waals surface area contributed by atoms with Gasteiger partial charge in [0.05, 0.1) is 10.3 Å². The van der Waals surface area contributed by atoms with Crippen molar-refractivity contribution in [1.82, 2.24) is 15.0 Å². The maximum absolute atomic E-state index is 10.7. The van der Waals surface area contributed by atoms with Gasteiger partial charge in [0.15, 0.2) is 0 Å². The first kappa shape index (κ1) is 9.52. The number of nitrogens with one attached hydrogen (secondary N) is 1. The molecule has 1 aromatic carbocycles. The first-order valence-electron chi connectivity index (χ1n) is 4.83. The number of aromatic nitrogens is 3. The molecule has 0 spiro atoms. The summed E-state index contributed by atoms with van der Waals surface area (Å²) >= 11 is 0. The van der Waals surface area contributed by atoms with E-state index >= 15 is 0 Å². The Labute approximate surface area is 94.4 Å². The van der Waals surface area contributed by atoms with Crippen LogP contribution < -0.4 is 5.73 Å². The lowest BCUT2D eigenvalue weighted by Crippen LogP contribution is -1.91. The summed E-state index contributed by atoms with van der Waals surface area (Å²) in [6.07, 6.45) is 1.35. The van der Waals surface area contributed by atoms with E-state index in [4.69, 9.17) is 5.73 Å². The molecule has 0 saturated carbocycles. The monoisotopic (exact) mass is 229 g/mol. The molecular weight excluding hydrogens is 222 g/mol. The number of benzene rings is 1. The molecule has 0 fully saturated rings. The number of nitrogens with two attached hydrogens (primary N) is 1. The molecule has 0 unspecified atom stereocenters. The minimum atomic E-state index is -0.446. The normalized spacial score (nSPS) is 11.1. The van der Waals surface area contributed by atoms with Crippen LogP contribution in [0.5, 0.6) is 0 Å². The number of non-ortho nitro benzene ring substituents is 1. The highest BCUT2D eigenvalue weighted by atomic mass is 16.6. The standard InChI is InChI=1S/C10H7N5O2/c11-9-8-6-3-5(15(16)17)1-2-7(6)14-10(8)13-4-12-9/h1-4H,(H3,11,12,13,14). The summed E-state index contributed by atoms with van der Waals surface area (Å²) in [6, 6.07) is 4.53. The van der Waals surface area contributed by atoms with E-state index in [-0.39, 0.29) is 5.69 Å². The highest BCUT2D eigenvalue weighted by Crippen LogP contribution is 2.29. The molecule has 2 aromatic heterocycles. The molecule has 17 heavy (non-hydrogen) atoms. The number of anilines is 1. The van der Waals surface area contributed by atoms with Gasteiger partial charge in [-0.3, -0.25) is 10.1 Å². The van der Waals surface area contributed by atoms with Crippen LogP contribution in [0.25, 0.3) is 21.9 Å². The van der Waals surface area contributed by atoms with Crippen LogP contribution >= 0.6 is 0 Å². The van der Waals surface area contributed by atoms with Crippen LogP contribution in [0.2, 0.25) is 0 Å². The van der Waals surface area contributed by atoms with Crippen molar-refractivity contribution >= 4 is 33.4 Å². The first-order chi connectivity index (χ1) is 8.16. The van der Waals surface area contributed by atoms with Crippen LogP contribution in [0.3, 0.4) is 0 Å². The Balaban J connectivity index is 2.48. The molecule has 3 rings (SSSR count). The molecule has 0 radical (unpaired) electrons. The zero-order valence-electron chi connectivity index (χ0n) is 8.54. The topological polar surface area (TPSA) is 111 Å². The number of H-pyrrole nitrogens is 1. The molecule has 0 aliphatic heterocycles. The van der Waals surface area contributed by atoms with Crippen molar-refractivity contribution in [3.05, 3.63) is 34.6 Å². The number of hydrogen-bond acceptors (Lipinski definition) is 5. The van der Waals surface area contributed by atoms with Gasteiger partial charge in [-0.15, -0.1) is 0 Å². The zero-order valence-corrected chi connectivity index (χ0v) is 8.54. The van der Waals surface area contributed by atoms with Crippen LogP contribution in [-0.4, -0.2) is 19.9 Å². The molecule has 0 amide bonds. The summed E-state index contributed by atoms with van der Waals surface area (Å²) in [6.45, 7) is 0. The summed E-state index contributed by atoms with van der Waals surface area (Å²) in [5.41, 5.74) is 7.09. The highest BCUT2D eigenvalue weighted by Gasteiger charge is 2.13. The number of rotatable bonds is 1. The average molecular weight is 229 g/mol. The Bertz CT molecular complexity index is 749. The van der Waals surface area contributed by atoms with Gasteiger partial charge < -0.3 is 10.7 Å². The van der Waals surface area contributed by atoms with Gasteiger partial charge in [-0.2, -0.15) is 0 Å². The Hall–Kier alpha value is -2.70. The number of fused-ring (bicyclic) bond motifs is 3. The second-order valence-electron chi connectivity index (χ2n) is 3.59. The second kappa shape index (κ2) is 3.14. The number of aromatic amines is 1. The molecule has 0 aliphatic carbocycles. The van der Waals surface area contributed by atoms with Gasteiger partial charge in [-0.25, -0.2) is 9.97 Å². The maximum atomic E-state index is 10.7. The molecule has 0 saturated heterocycles. The lowest BCUT2D eigenvalue weighted by atomic mass is 10.2. The average Bonchev–Trinajstić information content (AvgIpc) is 2.67. The fourth-order valence-electron chi connectivity index (χ4n) is 1.85. The van der Waals surface area contributed by atoms with Crippen molar-refractivity contribution in [3.8, 4) is 0 Å². The van der Waals surface area contributed by atoms with E-state index in [0.29, 0.717) is 22.2 Å². The molecule has 0 aliphatic rings. The zero-order chi connectivity index (χ0) is 12.0. The van der Waals surface area contributed by atoms with Crippen molar-refractivity contribution < 1.29 is 4.92 Å². The molecule has 7 heteroatoms. The molecule has 2 heterocycles. The van der Waals surface area contributed by atoms with E-state index in [1.165, 1.54) is 18.5 Å². The lowest BCUT2D eigenvalue weighted by molar-refractivity contribution is -0.384. The van der Waals surface area contributed by atoms with Gasteiger partial charge in [0.1, 0.15) is 17.8 Å². The van der Waals surface area contributed by atoms with Crippen molar-refractivity contribution in [2.45, 2.75) is 0 Å². The van der Waals surface area contributed by atoms with Crippen molar-refractivity contribution in [2.75, 3.05) is 5.73 Å². The SMILES string of the molecule is Nc1ncnc2[nH]c3ccc([N+](=O)[O-])cc3c12. The molecule has 84 valence electrons. The predicted octanol–water partition coefficient (Wildman–Crippen LogP) is 1.60. The number of hydrogen-bond donors (Lipinski definition) is 2. The Morgan fingerprint density at radius 2 is 2.18 bits per heavy atom. The number of nitro groups is 1. The smallest absolute Gasteiger partial charge is 0.270 e. The van der Waals surface area contributed by atoms with E-state index in [9.17, 15) is 10.1 Å². The van der Waals surface area contributed by atoms with Crippen LogP contribution in [0, 0.1) is 10.1 Å². The minimum Gasteiger partial charge on any atom is -0.383 e. The third-order valence-electron chi connectivity index (χ3n) is 2.61. The fraction of sp³-hybridized carbons (Fsp3) is 0.